The topological polar surface area (TPSA) is 63.4 Å². The zero-order valence-corrected chi connectivity index (χ0v) is 12.7. The summed E-state index contributed by atoms with van der Waals surface area (Å²) in [5, 5.41) is 0. The molecule has 0 aromatic heterocycles. The van der Waals surface area contributed by atoms with E-state index in [4.69, 9.17) is 5.73 Å². The molecule has 1 heterocycles. The van der Waals surface area contributed by atoms with Gasteiger partial charge >= 0.3 is 0 Å². The molecule has 1 aliphatic rings. The van der Waals surface area contributed by atoms with Crippen LogP contribution in [0.3, 0.4) is 0 Å². The van der Waals surface area contributed by atoms with Gasteiger partial charge in [0.25, 0.3) is 5.91 Å². The Morgan fingerprint density at radius 3 is 2.65 bits per heavy atom. The normalized spacial score (nSPS) is 18.3. The summed E-state index contributed by atoms with van der Waals surface area (Å²) in [5.74, 6) is -2.24. The van der Waals surface area contributed by atoms with Gasteiger partial charge in [-0.25, -0.2) is 4.39 Å². The van der Waals surface area contributed by atoms with Gasteiger partial charge in [-0.1, -0.05) is 12.1 Å². The van der Waals surface area contributed by atoms with Gasteiger partial charge in [0.2, 0.25) is 0 Å². The second-order valence-corrected chi connectivity index (χ2v) is 5.18. The lowest BCUT2D eigenvalue weighted by Gasteiger charge is -2.31. The Balaban J connectivity index is 2.36. The number of carbonyl (C=O) groups is 2. The summed E-state index contributed by atoms with van der Waals surface area (Å²) in [6.45, 7) is 3.04. The smallest absolute Gasteiger partial charge is 0.258 e. The van der Waals surface area contributed by atoms with Crippen molar-refractivity contribution in [2.45, 2.75) is 19.9 Å². The molecule has 2 N–H and O–H groups in total. The molecule has 120 valence electrons. The van der Waals surface area contributed by atoms with Gasteiger partial charge in [0.1, 0.15) is 5.82 Å². The van der Waals surface area contributed by atoms with Gasteiger partial charge in [-0.15, -0.1) is 0 Å². The molecule has 1 aromatic rings. The zero-order valence-electron chi connectivity index (χ0n) is 12.7. The highest BCUT2D eigenvalue weighted by atomic mass is 19.1. The van der Waals surface area contributed by atoms with E-state index >= 15 is 0 Å². The molecule has 1 aliphatic heterocycles. The van der Waals surface area contributed by atoms with E-state index < -0.39 is 23.7 Å². The molecule has 0 saturated carbocycles. The predicted molar refractivity (Wildman–Crippen MR) is 83.2 cm³/mol. The lowest BCUT2D eigenvalue weighted by molar-refractivity contribution is -0.125. The molecule has 1 unspecified atom stereocenters. The summed E-state index contributed by atoms with van der Waals surface area (Å²) < 4.78 is 26.9. The van der Waals surface area contributed by atoms with Gasteiger partial charge in [0, 0.05) is 6.20 Å². The highest BCUT2D eigenvalue weighted by molar-refractivity contribution is 5.96. The number of benzene rings is 1. The summed E-state index contributed by atoms with van der Waals surface area (Å²) in [4.78, 5) is 24.3. The van der Waals surface area contributed by atoms with Crippen LogP contribution in [0.2, 0.25) is 0 Å². The van der Waals surface area contributed by atoms with Crippen LogP contribution in [-0.4, -0.2) is 23.1 Å². The molecule has 1 aromatic carbocycles. The first kappa shape index (κ1) is 16.6. The van der Waals surface area contributed by atoms with Crippen molar-refractivity contribution in [2.75, 3.05) is 0 Å². The maximum Gasteiger partial charge on any atom is 0.258 e. The fraction of sp³-hybridized carbons (Fsp3) is 0.176. The van der Waals surface area contributed by atoms with Crippen molar-refractivity contribution in [1.29, 1.82) is 0 Å². The van der Waals surface area contributed by atoms with Crippen molar-refractivity contribution in [3.8, 4) is 0 Å². The number of halogens is 2. The number of carbonyl (C=O) groups excluding carboxylic acids is 2. The largest absolute Gasteiger partial charge is 0.375 e. The monoisotopic (exact) mass is 318 g/mol. The fourth-order valence-corrected chi connectivity index (χ4v) is 2.34. The third-order valence-electron chi connectivity index (χ3n) is 3.76. The molecule has 6 heteroatoms. The third-order valence-corrected chi connectivity index (χ3v) is 3.76. The Morgan fingerprint density at radius 2 is 2.09 bits per heavy atom. The Morgan fingerprint density at radius 1 is 1.39 bits per heavy atom. The SMILES string of the molecule is C/C(C(=O)N1C=CC=C(c2ccc(C=O)c(F)c2)C1C)=C(/N)F. The molecule has 2 rings (SSSR count). The maximum atomic E-state index is 13.8. The van der Waals surface area contributed by atoms with Crippen LogP contribution in [0.4, 0.5) is 8.78 Å². The molecule has 0 aliphatic carbocycles. The molecular weight excluding hydrogens is 302 g/mol. The van der Waals surface area contributed by atoms with Crippen LogP contribution in [0, 0.1) is 5.82 Å². The van der Waals surface area contributed by atoms with E-state index in [2.05, 4.69) is 0 Å². The molecule has 0 saturated heterocycles. The quantitative estimate of drug-likeness (QED) is 0.529. The average Bonchev–Trinajstić information content (AvgIpc) is 2.53. The van der Waals surface area contributed by atoms with E-state index in [-0.39, 0.29) is 11.1 Å². The molecule has 1 atom stereocenters. The summed E-state index contributed by atoms with van der Waals surface area (Å²) in [7, 11) is 0. The number of hydrogen-bond donors (Lipinski definition) is 1. The molecule has 23 heavy (non-hydrogen) atoms. The van der Waals surface area contributed by atoms with Crippen LogP contribution in [0.5, 0.6) is 0 Å². The Labute approximate surface area is 132 Å². The minimum Gasteiger partial charge on any atom is -0.375 e. The van der Waals surface area contributed by atoms with Gasteiger partial charge in [-0.05, 0) is 43.2 Å². The zero-order chi connectivity index (χ0) is 17.1. The summed E-state index contributed by atoms with van der Waals surface area (Å²) in [6.07, 6.45) is 5.30. The van der Waals surface area contributed by atoms with E-state index in [1.165, 1.54) is 30.2 Å². The van der Waals surface area contributed by atoms with Crippen LogP contribution >= 0.6 is 0 Å². The van der Waals surface area contributed by atoms with Crippen LogP contribution in [0.1, 0.15) is 29.8 Å². The van der Waals surface area contributed by atoms with Crippen LogP contribution in [0.15, 0.2) is 48.1 Å². The summed E-state index contributed by atoms with van der Waals surface area (Å²) in [6, 6.07) is 3.77. The van der Waals surface area contributed by atoms with Crippen molar-refractivity contribution in [1.82, 2.24) is 4.90 Å². The molecule has 1 amide bonds. The number of aldehydes is 1. The lowest BCUT2D eigenvalue weighted by Crippen LogP contribution is -2.37. The highest BCUT2D eigenvalue weighted by Crippen LogP contribution is 2.28. The number of nitrogens with zero attached hydrogens (tertiary/aromatic N) is 1. The van der Waals surface area contributed by atoms with Gasteiger partial charge in [0.05, 0.1) is 17.2 Å². The predicted octanol–water partition coefficient (Wildman–Crippen LogP) is 2.93. The van der Waals surface area contributed by atoms with E-state index in [0.717, 1.165) is 0 Å². The van der Waals surface area contributed by atoms with E-state index in [9.17, 15) is 18.4 Å². The van der Waals surface area contributed by atoms with E-state index in [1.54, 1.807) is 25.1 Å². The van der Waals surface area contributed by atoms with Crippen molar-refractivity contribution >= 4 is 17.8 Å². The van der Waals surface area contributed by atoms with E-state index in [0.29, 0.717) is 17.4 Å². The number of hydrogen-bond acceptors (Lipinski definition) is 3. The molecule has 0 fully saturated rings. The third kappa shape index (κ3) is 3.21. The van der Waals surface area contributed by atoms with Gasteiger partial charge in [0.15, 0.2) is 12.2 Å². The van der Waals surface area contributed by atoms with Crippen molar-refractivity contribution in [2.24, 2.45) is 5.73 Å². The highest BCUT2D eigenvalue weighted by Gasteiger charge is 2.26. The Kier molecular flexibility index (Phi) is 4.74. The summed E-state index contributed by atoms with van der Waals surface area (Å²) >= 11 is 0. The Bertz CT molecular complexity index is 747. The first-order valence-corrected chi connectivity index (χ1v) is 6.94. The van der Waals surface area contributed by atoms with Crippen LogP contribution < -0.4 is 5.73 Å². The molecule has 0 spiro atoms. The minimum atomic E-state index is -1.03. The number of allylic oxidation sites excluding steroid dienone is 2. The molecular formula is C17H16F2N2O2. The van der Waals surface area contributed by atoms with Crippen LogP contribution in [0.25, 0.3) is 5.57 Å². The number of nitrogens with two attached hydrogens (primary N) is 1. The molecule has 0 radical (unpaired) electrons. The van der Waals surface area contributed by atoms with Crippen molar-refractivity contribution in [3.63, 3.8) is 0 Å². The fourth-order valence-electron chi connectivity index (χ4n) is 2.34. The van der Waals surface area contributed by atoms with Crippen molar-refractivity contribution < 1.29 is 18.4 Å². The van der Waals surface area contributed by atoms with E-state index in [1.807, 2.05) is 0 Å². The first-order valence-electron chi connectivity index (χ1n) is 6.94. The number of amides is 1. The lowest BCUT2D eigenvalue weighted by atomic mass is 9.95. The number of rotatable bonds is 3. The first-order chi connectivity index (χ1) is 10.9. The van der Waals surface area contributed by atoms with Crippen LogP contribution in [-0.2, 0) is 4.79 Å². The van der Waals surface area contributed by atoms with Gasteiger partial charge in [-0.2, -0.15) is 4.39 Å². The van der Waals surface area contributed by atoms with Gasteiger partial charge in [-0.3, -0.25) is 9.59 Å². The second-order valence-electron chi connectivity index (χ2n) is 5.18. The standard InChI is InChI=1S/C17H16F2N2O2/c1-10(16(19)20)17(23)21-7-3-4-14(11(21)2)12-5-6-13(9-22)15(18)8-12/h3-9,11H,20H2,1-2H3/b16-10-. The van der Waals surface area contributed by atoms with Gasteiger partial charge < -0.3 is 10.6 Å². The Hall–Kier alpha value is -2.76. The second kappa shape index (κ2) is 6.56. The van der Waals surface area contributed by atoms with Crippen molar-refractivity contribution in [3.05, 3.63) is 65.0 Å². The summed E-state index contributed by atoms with van der Waals surface area (Å²) in [5.41, 5.74) is 6.01. The maximum absolute atomic E-state index is 13.8. The molecule has 0 bridgehead atoms. The minimum absolute atomic E-state index is 0.0368. The molecule has 4 nitrogen and oxygen atoms in total. The average molecular weight is 318 g/mol.